The van der Waals surface area contributed by atoms with Gasteiger partial charge in [0.05, 0.1) is 18.4 Å². The molecule has 3 aromatic carbocycles. The Balaban J connectivity index is 1.62. The van der Waals surface area contributed by atoms with Crippen molar-refractivity contribution >= 4 is 23.4 Å². The molecule has 150 valence electrons. The Morgan fingerprint density at radius 1 is 1.00 bits per heavy atom. The summed E-state index contributed by atoms with van der Waals surface area (Å²) in [5, 5.41) is 3.65. The van der Waals surface area contributed by atoms with Crippen molar-refractivity contribution in [3.8, 4) is 11.5 Å². The maximum atomic E-state index is 12.9. The van der Waals surface area contributed by atoms with E-state index in [9.17, 15) is 4.79 Å². The Morgan fingerprint density at radius 2 is 1.77 bits per heavy atom. The van der Waals surface area contributed by atoms with Crippen molar-refractivity contribution in [2.45, 2.75) is 23.0 Å². The summed E-state index contributed by atoms with van der Waals surface area (Å²) in [7, 11) is 1.70. The van der Waals surface area contributed by atoms with Crippen LogP contribution >= 0.6 is 11.8 Å². The van der Waals surface area contributed by atoms with E-state index >= 15 is 0 Å². The second kappa shape index (κ2) is 7.92. The number of rotatable bonds is 2. The van der Waals surface area contributed by atoms with Crippen molar-refractivity contribution in [2.24, 2.45) is 0 Å². The number of carbonyl (C=O) groups excluding carboxylic acids is 1. The highest BCUT2D eigenvalue weighted by Crippen LogP contribution is 2.48. The maximum absolute atomic E-state index is 12.9. The van der Waals surface area contributed by atoms with E-state index in [1.54, 1.807) is 18.9 Å². The van der Waals surface area contributed by atoms with Crippen molar-refractivity contribution in [3.63, 3.8) is 0 Å². The van der Waals surface area contributed by atoms with E-state index in [-0.39, 0.29) is 11.2 Å². The molecule has 0 spiro atoms. The van der Waals surface area contributed by atoms with Crippen molar-refractivity contribution in [3.05, 3.63) is 95.2 Å². The molecule has 0 radical (unpaired) electrons. The Hall–Kier alpha value is -3.18. The molecule has 0 amide bonds. The van der Waals surface area contributed by atoms with E-state index in [1.807, 2.05) is 54.6 Å². The molecule has 2 aliphatic heterocycles. The van der Waals surface area contributed by atoms with Gasteiger partial charge in [-0.1, -0.05) is 48.5 Å². The number of thioether (sulfide) groups is 1. The lowest BCUT2D eigenvalue weighted by Gasteiger charge is -2.23. The van der Waals surface area contributed by atoms with Crippen LogP contribution in [-0.2, 0) is 11.2 Å². The molecule has 1 atom stereocenters. The van der Waals surface area contributed by atoms with Gasteiger partial charge in [0, 0.05) is 34.2 Å². The zero-order chi connectivity index (χ0) is 20.5. The zero-order valence-corrected chi connectivity index (χ0v) is 17.4. The third-order valence-corrected chi connectivity index (χ3v) is 6.79. The fourth-order valence-electron chi connectivity index (χ4n) is 3.97. The number of nitrogens with one attached hydrogen (secondary N) is 1. The molecule has 1 unspecified atom stereocenters. The highest BCUT2D eigenvalue weighted by molar-refractivity contribution is 7.99. The van der Waals surface area contributed by atoms with E-state index in [0.29, 0.717) is 24.2 Å². The lowest BCUT2D eigenvalue weighted by atomic mass is 9.96. The monoisotopic (exact) mass is 415 g/mol. The highest BCUT2D eigenvalue weighted by atomic mass is 32.2. The number of ether oxygens (including phenoxy) is 2. The fraction of sp³-hybridized carbons (Fsp3) is 0.160. The van der Waals surface area contributed by atoms with Crippen LogP contribution in [-0.4, -0.2) is 13.1 Å². The van der Waals surface area contributed by atoms with Crippen LogP contribution in [0.15, 0.2) is 89.0 Å². The molecule has 3 aromatic rings. The molecule has 5 heteroatoms. The summed E-state index contributed by atoms with van der Waals surface area (Å²) in [6, 6.07) is 24.0. The van der Waals surface area contributed by atoms with Gasteiger partial charge in [-0.2, -0.15) is 0 Å². The number of anilines is 1. The number of para-hydroxylation sites is 3. The number of benzene rings is 3. The van der Waals surface area contributed by atoms with Gasteiger partial charge in [-0.15, -0.1) is 11.8 Å². The molecule has 5 rings (SSSR count). The van der Waals surface area contributed by atoms with Crippen LogP contribution in [0.25, 0.3) is 0 Å². The smallest absolute Gasteiger partial charge is 0.341 e. The van der Waals surface area contributed by atoms with Gasteiger partial charge in [-0.05, 0) is 29.8 Å². The molecule has 0 bridgehead atoms. The predicted molar refractivity (Wildman–Crippen MR) is 119 cm³/mol. The number of methoxy groups -OCH3 is 1. The van der Waals surface area contributed by atoms with Crippen molar-refractivity contribution in [2.75, 3.05) is 12.4 Å². The first-order chi connectivity index (χ1) is 14.7. The molecule has 0 aromatic heterocycles. The minimum atomic E-state index is -0.278. The van der Waals surface area contributed by atoms with Crippen molar-refractivity contribution in [1.29, 1.82) is 0 Å². The van der Waals surface area contributed by atoms with E-state index in [1.165, 1.54) is 0 Å². The quantitative estimate of drug-likeness (QED) is 0.328. The lowest BCUT2D eigenvalue weighted by Crippen LogP contribution is -2.23. The summed E-state index contributed by atoms with van der Waals surface area (Å²) in [4.78, 5) is 14.0. The maximum Gasteiger partial charge on any atom is 0.341 e. The van der Waals surface area contributed by atoms with Crippen molar-refractivity contribution < 1.29 is 14.3 Å². The van der Waals surface area contributed by atoms with E-state index in [0.717, 1.165) is 33.2 Å². The Bertz CT molecular complexity index is 1150. The van der Waals surface area contributed by atoms with E-state index < -0.39 is 0 Å². The topological polar surface area (TPSA) is 47.6 Å². The van der Waals surface area contributed by atoms with Gasteiger partial charge in [0.15, 0.2) is 0 Å². The molecule has 30 heavy (non-hydrogen) atoms. The van der Waals surface area contributed by atoms with Gasteiger partial charge in [-0.3, -0.25) is 0 Å². The molecule has 4 nitrogen and oxygen atoms in total. The number of esters is 1. The first-order valence-corrected chi connectivity index (χ1v) is 10.8. The third-order valence-electron chi connectivity index (χ3n) is 5.47. The zero-order valence-electron chi connectivity index (χ0n) is 16.6. The average molecular weight is 416 g/mol. The third kappa shape index (κ3) is 3.46. The summed E-state index contributed by atoms with van der Waals surface area (Å²) in [6.45, 7) is 0. The Kier molecular flexibility index (Phi) is 4.97. The number of fused-ring (bicyclic) bond motifs is 2. The van der Waals surface area contributed by atoms with Crippen molar-refractivity contribution in [1.82, 2.24) is 0 Å². The van der Waals surface area contributed by atoms with Gasteiger partial charge in [0.2, 0.25) is 0 Å². The predicted octanol–water partition coefficient (Wildman–Crippen LogP) is 5.76. The lowest BCUT2D eigenvalue weighted by molar-refractivity contribution is -0.130. The first-order valence-electron chi connectivity index (χ1n) is 9.90. The summed E-state index contributed by atoms with van der Waals surface area (Å²) in [5.41, 5.74) is 4.74. The molecule has 2 aliphatic rings. The van der Waals surface area contributed by atoms with Crippen LogP contribution in [0.3, 0.4) is 0 Å². The number of hydrogen-bond donors (Lipinski definition) is 1. The van der Waals surface area contributed by atoms with Gasteiger partial charge >= 0.3 is 5.97 Å². The Morgan fingerprint density at radius 3 is 2.67 bits per heavy atom. The van der Waals surface area contributed by atoms with Gasteiger partial charge in [0.25, 0.3) is 0 Å². The first kappa shape index (κ1) is 18.8. The normalized spacial score (nSPS) is 20.3. The largest absolute Gasteiger partial charge is 0.496 e. The highest BCUT2D eigenvalue weighted by Gasteiger charge is 2.30. The second-order valence-electron chi connectivity index (χ2n) is 7.30. The fourth-order valence-corrected chi connectivity index (χ4v) is 5.26. The van der Waals surface area contributed by atoms with Gasteiger partial charge in [-0.25, -0.2) is 4.79 Å². The molecule has 2 heterocycles. The van der Waals surface area contributed by atoms with Crippen LogP contribution in [0, 0.1) is 0 Å². The molecular weight excluding hydrogens is 394 g/mol. The molecule has 0 saturated heterocycles. The van der Waals surface area contributed by atoms with E-state index in [4.69, 9.17) is 9.47 Å². The number of carbonyl (C=O) groups is 1. The minimum Gasteiger partial charge on any atom is -0.496 e. The SMILES string of the molecule is COc1ccccc1C1C/C(=C2\Cc3ccccc3OC2=O)Nc2ccccc2S1. The van der Waals surface area contributed by atoms with Crippen LogP contribution < -0.4 is 14.8 Å². The summed E-state index contributed by atoms with van der Waals surface area (Å²) < 4.78 is 11.3. The second-order valence-corrected chi connectivity index (χ2v) is 8.55. The molecule has 0 aliphatic carbocycles. The van der Waals surface area contributed by atoms with Crippen LogP contribution in [0.4, 0.5) is 5.69 Å². The molecule has 1 N–H and O–H groups in total. The molecular formula is C25H21NO3S. The van der Waals surface area contributed by atoms with E-state index in [2.05, 4.69) is 23.5 Å². The number of hydrogen-bond acceptors (Lipinski definition) is 5. The number of allylic oxidation sites excluding steroid dienone is 1. The van der Waals surface area contributed by atoms with Crippen LogP contribution in [0.1, 0.15) is 22.8 Å². The Labute approximate surface area is 179 Å². The standard InChI is InChI=1S/C25H21NO3S/c1-28-22-12-6-3-9-17(22)24-15-20(26-19-10-4-7-13-23(19)30-24)18-14-16-8-2-5-11-21(16)29-25(18)27/h2-13,24,26H,14-15H2,1H3/b20-18-. The van der Waals surface area contributed by atoms with Gasteiger partial charge < -0.3 is 14.8 Å². The minimum absolute atomic E-state index is 0.102. The average Bonchev–Trinajstić information content (AvgIpc) is 2.98. The summed E-state index contributed by atoms with van der Waals surface area (Å²) >= 11 is 1.79. The summed E-state index contributed by atoms with van der Waals surface area (Å²) in [6.07, 6.45) is 1.23. The molecule has 0 saturated carbocycles. The van der Waals surface area contributed by atoms with Crippen LogP contribution in [0.5, 0.6) is 11.5 Å². The van der Waals surface area contributed by atoms with Gasteiger partial charge in [0.1, 0.15) is 11.5 Å². The molecule has 0 fully saturated rings. The summed E-state index contributed by atoms with van der Waals surface area (Å²) in [5.74, 6) is 1.23. The van der Waals surface area contributed by atoms with Crippen LogP contribution in [0.2, 0.25) is 0 Å².